The van der Waals surface area contributed by atoms with Crippen molar-refractivity contribution in [3.05, 3.63) is 30.1 Å². The zero-order valence-corrected chi connectivity index (χ0v) is 12.3. The van der Waals surface area contributed by atoms with E-state index in [1.165, 1.54) is 0 Å². The molecule has 21 heavy (non-hydrogen) atoms. The number of rotatable bonds is 3. The Hall–Kier alpha value is -2.24. The van der Waals surface area contributed by atoms with E-state index in [9.17, 15) is 4.79 Å². The summed E-state index contributed by atoms with van der Waals surface area (Å²) in [6.07, 6.45) is 9.25. The maximum absolute atomic E-state index is 12.0. The molecular formula is C15H19N5O. The van der Waals surface area contributed by atoms with E-state index in [0.29, 0.717) is 11.6 Å². The second-order valence-corrected chi connectivity index (χ2v) is 5.53. The van der Waals surface area contributed by atoms with Crippen LogP contribution in [0, 0.1) is 19.8 Å². The summed E-state index contributed by atoms with van der Waals surface area (Å²) >= 11 is 0. The number of anilines is 1. The first-order valence-electron chi connectivity index (χ1n) is 7.29. The SMILES string of the molecule is Cc1ncn(-c2ncc(NC(=O)C3CCCC3)cn2)c1C. The Morgan fingerprint density at radius 3 is 2.43 bits per heavy atom. The Kier molecular flexibility index (Phi) is 3.68. The monoisotopic (exact) mass is 285 g/mol. The summed E-state index contributed by atoms with van der Waals surface area (Å²) in [4.78, 5) is 24.9. The first kappa shape index (κ1) is 13.7. The van der Waals surface area contributed by atoms with Crippen LogP contribution in [-0.2, 0) is 4.79 Å². The lowest BCUT2D eigenvalue weighted by atomic mass is 10.1. The molecule has 0 bridgehead atoms. The molecule has 6 nitrogen and oxygen atoms in total. The number of aromatic nitrogens is 4. The lowest BCUT2D eigenvalue weighted by molar-refractivity contribution is -0.119. The van der Waals surface area contributed by atoms with E-state index in [2.05, 4.69) is 20.3 Å². The Labute approximate surface area is 123 Å². The molecule has 0 aliphatic heterocycles. The zero-order valence-electron chi connectivity index (χ0n) is 12.3. The Balaban J connectivity index is 1.72. The van der Waals surface area contributed by atoms with Gasteiger partial charge in [-0.15, -0.1) is 0 Å². The third-order valence-corrected chi connectivity index (χ3v) is 4.10. The molecule has 3 rings (SSSR count). The van der Waals surface area contributed by atoms with E-state index in [0.717, 1.165) is 37.1 Å². The Morgan fingerprint density at radius 2 is 1.86 bits per heavy atom. The maximum atomic E-state index is 12.0. The fourth-order valence-corrected chi connectivity index (χ4v) is 2.64. The topological polar surface area (TPSA) is 72.7 Å². The predicted octanol–water partition coefficient (Wildman–Crippen LogP) is 2.41. The second-order valence-electron chi connectivity index (χ2n) is 5.53. The van der Waals surface area contributed by atoms with E-state index in [4.69, 9.17) is 0 Å². The van der Waals surface area contributed by atoms with Gasteiger partial charge in [0.2, 0.25) is 11.9 Å². The second kappa shape index (κ2) is 5.63. The van der Waals surface area contributed by atoms with Crippen LogP contribution in [0.5, 0.6) is 0 Å². The molecule has 110 valence electrons. The molecule has 2 heterocycles. The van der Waals surface area contributed by atoms with Crippen molar-refractivity contribution in [3.63, 3.8) is 0 Å². The van der Waals surface area contributed by atoms with Crippen molar-refractivity contribution in [2.45, 2.75) is 39.5 Å². The summed E-state index contributed by atoms with van der Waals surface area (Å²) < 4.78 is 1.83. The highest BCUT2D eigenvalue weighted by molar-refractivity contribution is 5.92. The predicted molar refractivity (Wildman–Crippen MR) is 79.2 cm³/mol. The molecule has 2 aromatic rings. The van der Waals surface area contributed by atoms with Crippen LogP contribution in [0.2, 0.25) is 0 Å². The van der Waals surface area contributed by atoms with Gasteiger partial charge in [0.15, 0.2) is 0 Å². The molecular weight excluding hydrogens is 266 g/mol. The molecule has 1 fully saturated rings. The molecule has 0 unspecified atom stereocenters. The Bertz CT molecular complexity index is 641. The first-order chi connectivity index (χ1) is 10.1. The minimum Gasteiger partial charge on any atom is -0.323 e. The molecule has 1 amide bonds. The third kappa shape index (κ3) is 2.79. The zero-order chi connectivity index (χ0) is 14.8. The van der Waals surface area contributed by atoms with Crippen LogP contribution in [0.25, 0.3) is 5.95 Å². The van der Waals surface area contributed by atoms with E-state index in [1.807, 2.05) is 18.4 Å². The van der Waals surface area contributed by atoms with Crippen LogP contribution >= 0.6 is 0 Å². The lowest BCUT2D eigenvalue weighted by Gasteiger charge is -2.10. The summed E-state index contributed by atoms with van der Waals surface area (Å²) in [5, 5.41) is 2.89. The number of carbonyl (C=O) groups is 1. The van der Waals surface area contributed by atoms with Gasteiger partial charge in [-0.2, -0.15) is 0 Å². The normalized spacial score (nSPS) is 15.3. The lowest BCUT2D eigenvalue weighted by Crippen LogP contribution is -2.20. The summed E-state index contributed by atoms with van der Waals surface area (Å²) in [5.74, 6) is 0.786. The smallest absolute Gasteiger partial charge is 0.235 e. The van der Waals surface area contributed by atoms with Gasteiger partial charge in [0.1, 0.15) is 6.33 Å². The van der Waals surface area contributed by atoms with Crippen molar-refractivity contribution < 1.29 is 4.79 Å². The average Bonchev–Trinajstić information content (AvgIpc) is 3.12. The number of amides is 1. The first-order valence-corrected chi connectivity index (χ1v) is 7.29. The standard InChI is InChI=1S/C15H19N5O/c1-10-11(2)20(9-18-10)15-16-7-13(8-17-15)19-14(21)12-5-3-4-6-12/h7-9,12H,3-6H2,1-2H3,(H,19,21). The molecule has 0 spiro atoms. The van der Waals surface area contributed by atoms with E-state index < -0.39 is 0 Å². The number of hydrogen-bond donors (Lipinski definition) is 1. The molecule has 0 atom stereocenters. The average molecular weight is 285 g/mol. The highest BCUT2D eigenvalue weighted by Crippen LogP contribution is 2.25. The molecule has 6 heteroatoms. The van der Waals surface area contributed by atoms with Gasteiger partial charge in [-0.25, -0.2) is 15.0 Å². The Morgan fingerprint density at radius 1 is 1.19 bits per heavy atom. The van der Waals surface area contributed by atoms with Gasteiger partial charge < -0.3 is 5.32 Å². The minimum absolute atomic E-state index is 0.0819. The van der Waals surface area contributed by atoms with Crippen LogP contribution in [0.3, 0.4) is 0 Å². The van der Waals surface area contributed by atoms with Crippen molar-refractivity contribution in [2.24, 2.45) is 5.92 Å². The van der Waals surface area contributed by atoms with Gasteiger partial charge in [0, 0.05) is 11.6 Å². The maximum Gasteiger partial charge on any atom is 0.235 e. The van der Waals surface area contributed by atoms with Gasteiger partial charge in [-0.05, 0) is 26.7 Å². The molecule has 1 saturated carbocycles. The highest BCUT2D eigenvalue weighted by atomic mass is 16.1. The van der Waals surface area contributed by atoms with Crippen LogP contribution in [0.1, 0.15) is 37.1 Å². The van der Waals surface area contributed by atoms with E-state index in [1.54, 1.807) is 18.7 Å². The molecule has 1 N–H and O–H groups in total. The summed E-state index contributed by atoms with van der Waals surface area (Å²) in [6.45, 7) is 3.92. The van der Waals surface area contributed by atoms with Gasteiger partial charge >= 0.3 is 0 Å². The van der Waals surface area contributed by atoms with Crippen molar-refractivity contribution in [1.29, 1.82) is 0 Å². The van der Waals surface area contributed by atoms with Gasteiger partial charge in [0.25, 0.3) is 0 Å². The van der Waals surface area contributed by atoms with Gasteiger partial charge in [-0.3, -0.25) is 9.36 Å². The summed E-state index contributed by atoms with van der Waals surface area (Å²) in [5.41, 5.74) is 2.61. The quantitative estimate of drug-likeness (QED) is 0.940. The molecule has 0 radical (unpaired) electrons. The van der Waals surface area contributed by atoms with E-state index in [-0.39, 0.29) is 11.8 Å². The van der Waals surface area contributed by atoms with Crippen LogP contribution in [0.15, 0.2) is 18.7 Å². The number of hydrogen-bond acceptors (Lipinski definition) is 4. The highest BCUT2D eigenvalue weighted by Gasteiger charge is 2.22. The number of nitrogens with one attached hydrogen (secondary N) is 1. The minimum atomic E-state index is 0.0819. The number of carbonyl (C=O) groups excluding carboxylic acids is 1. The summed E-state index contributed by atoms with van der Waals surface area (Å²) in [7, 11) is 0. The van der Waals surface area contributed by atoms with Crippen molar-refractivity contribution >= 4 is 11.6 Å². The molecule has 2 aromatic heterocycles. The molecule has 1 aliphatic rings. The third-order valence-electron chi connectivity index (χ3n) is 4.10. The molecule has 1 aliphatic carbocycles. The van der Waals surface area contributed by atoms with Crippen LogP contribution < -0.4 is 5.32 Å². The molecule has 0 aromatic carbocycles. The fourth-order valence-electron chi connectivity index (χ4n) is 2.64. The van der Waals surface area contributed by atoms with Gasteiger partial charge in [0.05, 0.1) is 23.8 Å². The van der Waals surface area contributed by atoms with Crippen molar-refractivity contribution in [3.8, 4) is 5.95 Å². The molecule has 0 saturated heterocycles. The van der Waals surface area contributed by atoms with Gasteiger partial charge in [-0.1, -0.05) is 12.8 Å². The van der Waals surface area contributed by atoms with Crippen molar-refractivity contribution in [2.75, 3.05) is 5.32 Å². The van der Waals surface area contributed by atoms with Crippen LogP contribution in [0.4, 0.5) is 5.69 Å². The van der Waals surface area contributed by atoms with Crippen LogP contribution in [-0.4, -0.2) is 25.4 Å². The number of nitrogens with zero attached hydrogens (tertiary/aromatic N) is 4. The number of aryl methyl sites for hydroxylation is 1. The number of imidazole rings is 1. The largest absolute Gasteiger partial charge is 0.323 e. The fraction of sp³-hybridized carbons (Fsp3) is 0.467. The summed E-state index contributed by atoms with van der Waals surface area (Å²) in [6, 6.07) is 0. The van der Waals surface area contributed by atoms with E-state index >= 15 is 0 Å². The van der Waals surface area contributed by atoms with Crippen molar-refractivity contribution in [1.82, 2.24) is 19.5 Å².